The largest absolute Gasteiger partial charge is 0.444 e. The number of rotatable bonds is 5. The molecule has 0 aromatic rings. The SMILES string of the molecule is CC(CNC1CC(NC(=O)OC(C)(C)C)C1)N1CCCCC1. The van der Waals surface area contributed by atoms with Gasteiger partial charge in [0.05, 0.1) is 0 Å². The molecule has 128 valence electrons. The van der Waals surface area contributed by atoms with Crippen molar-refractivity contribution in [2.24, 2.45) is 0 Å². The van der Waals surface area contributed by atoms with Crippen LogP contribution < -0.4 is 10.6 Å². The molecule has 0 bridgehead atoms. The van der Waals surface area contributed by atoms with Crippen molar-refractivity contribution in [1.29, 1.82) is 0 Å². The summed E-state index contributed by atoms with van der Waals surface area (Å²) in [5.41, 5.74) is -0.421. The lowest BCUT2D eigenvalue weighted by atomic mass is 9.86. The van der Waals surface area contributed by atoms with Crippen LogP contribution in [0.15, 0.2) is 0 Å². The number of alkyl carbamates (subject to hydrolysis) is 1. The van der Waals surface area contributed by atoms with Gasteiger partial charge in [0, 0.05) is 24.7 Å². The second kappa shape index (κ2) is 7.64. The number of nitrogens with one attached hydrogen (secondary N) is 2. The first-order valence-electron chi connectivity index (χ1n) is 8.80. The van der Waals surface area contributed by atoms with E-state index >= 15 is 0 Å². The van der Waals surface area contributed by atoms with E-state index in [0.717, 1.165) is 19.4 Å². The number of nitrogens with zero attached hydrogens (tertiary/aromatic N) is 1. The zero-order chi connectivity index (χ0) is 16.2. The fraction of sp³-hybridized carbons (Fsp3) is 0.941. The molecule has 1 unspecified atom stereocenters. The van der Waals surface area contributed by atoms with Gasteiger partial charge in [0.25, 0.3) is 0 Å². The van der Waals surface area contributed by atoms with Gasteiger partial charge in [-0.05, 0) is 66.5 Å². The molecule has 2 fully saturated rings. The molecular weight excluding hydrogens is 278 g/mol. The minimum Gasteiger partial charge on any atom is -0.444 e. The molecule has 5 nitrogen and oxygen atoms in total. The van der Waals surface area contributed by atoms with Crippen LogP contribution in [0.4, 0.5) is 4.79 Å². The molecule has 2 rings (SSSR count). The highest BCUT2D eigenvalue weighted by molar-refractivity contribution is 5.68. The lowest BCUT2D eigenvalue weighted by molar-refractivity contribution is 0.0463. The standard InChI is InChI=1S/C17H33N3O2/c1-13(20-8-6-5-7-9-20)12-18-14-10-15(11-14)19-16(21)22-17(2,3)4/h13-15,18H,5-12H2,1-4H3,(H,19,21). The molecule has 0 aromatic carbocycles. The minimum atomic E-state index is -0.421. The van der Waals surface area contributed by atoms with E-state index in [1.165, 1.54) is 32.4 Å². The van der Waals surface area contributed by atoms with E-state index < -0.39 is 5.60 Å². The maximum absolute atomic E-state index is 11.7. The lowest BCUT2D eigenvalue weighted by Gasteiger charge is -2.39. The Morgan fingerprint density at radius 1 is 1.18 bits per heavy atom. The van der Waals surface area contributed by atoms with Crippen molar-refractivity contribution in [3.05, 3.63) is 0 Å². The van der Waals surface area contributed by atoms with Crippen LogP contribution in [-0.4, -0.2) is 54.4 Å². The fourth-order valence-corrected chi connectivity index (χ4v) is 3.20. The third-order valence-electron chi connectivity index (χ3n) is 4.57. The molecule has 2 aliphatic rings. The van der Waals surface area contributed by atoms with Crippen molar-refractivity contribution in [3.8, 4) is 0 Å². The number of piperidine rings is 1. The Morgan fingerprint density at radius 3 is 2.41 bits per heavy atom. The van der Waals surface area contributed by atoms with Crippen LogP contribution in [0, 0.1) is 0 Å². The molecule has 1 aliphatic heterocycles. The van der Waals surface area contributed by atoms with Gasteiger partial charge in [0.2, 0.25) is 0 Å². The highest BCUT2D eigenvalue weighted by Crippen LogP contribution is 2.21. The number of hydrogen-bond donors (Lipinski definition) is 2. The summed E-state index contributed by atoms with van der Waals surface area (Å²) in [7, 11) is 0. The van der Waals surface area contributed by atoms with Crippen molar-refractivity contribution in [3.63, 3.8) is 0 Å². The van der Waals surface area contributed by atoms with E-state index in [2.05, 4.69) is 22.5 Å². The second-order valence-corrected chi connectivity index (χ2v) is 7.87. The first kappa shape index (κ1) is 17.5. The van der Waals surface area contributed by atoms with Crippen LogP contribution in [-0.2, 0) is 4.74 Å². The predicted molar refractivity (Wildman–Crippen MR) is 89.1 cm³/mol. The summed E-state index contributed by atoms with van der Waals surface area (Å²) in [6.07, 6.45) is 5.79. The Bertz CT molecular complexity index is 355. The highest BCUT2D eigenvalue weighted by Gasteiger charge is 2.31. The van der Waals surface area contributed by atoms with Crippen molar-refractivity contribution < 1.29 is 9.53 Å². The maximum atomic E-state index is 11.7. The Labute approximate surface area is 135 Å². The third-order valence-corrected chi connectivity index (χ3v) is 4.57. The molecule has 1 atom stereocenters. The molecule has 1 heterocycles. The number of carbonyl (C=O) groups excluding carboxylic acids is 1. The second-order valence-electron chi connectivity index (χ2n) is 7.87. The molecule has 2 N–H and O–H groups in total. The van der Waals surface area contributed by atoms with Crippen LogP contribution in [0.1, 0.15) is 59.8 Å². The number of ether oxygens (including phenoxy) is 1. The van der Waals surface area contributed by atoms with Gasteiger partial charge in [-0.3, -0.25) is 4.90 Å². The van der Waals surface area contributed by atoms with Gasteiger partial charge in [0.15, 0.2) is 0 Å². The average molecular weight is 311 g/mol. The summed E-state index contributed by atoms with van der Waals surface area (Å²) in [4.78, 5) is 14.3. The van der Waals surface area contributed by atoms with Gasteiger partial charge >= 0.3 is 6.09 Å². The van der Waals surface area contributed by atoms with Gasteiger partial charge < -0.3 is 15.4 Å². The average Bonchev–Trinajstić information content (AvgIpc) is 2.39. The number of amides is 1. The van der Waals surface area contributed by atoms with E-state index in [1.54, 1.807) is 0 Å². The van der Waals surface area contributed by atoms with Crippen LogP contribution in [0.25, 0.3) is 0 Å². The number of hydrogen-bond acceptors (Lipinski definition) is 4. The molecule has 0 radical (unpaired) electrons. The van der Waals surface area contributed by atoms with Crippen molar-refractivity contribution in [2.45, 2.75) is 83.5 Å². The highest BCUT2D eigenvalue weighted by atomic mass is 16.6. The van der Waals surface area contributed by atoms with E-state index in [9.17, 15) is 4.79 Å². The van der Waals surface area contributed by atoms with Gasteiger partial charge in [-0.15, -0.1) is 0 Å². The van der Waals surface area contributed by atoms with E-state index in [4.69, 9.17) is 4.74 Å². The summed E-state index contributed by atoms with van der Waals surface area (Å²) in [5.74, 6) is 0. The molecule has 1 aliphatic carbocycles. The lowest BCUT2D eigenvalue weighted by Crippen LogP contribution is -2.55. The van der Waals surface area contributed by atoms with Gasteiger partial charge in [-0.2, -0.15) is 0 Å². The van der Waals surface area contributed by atoms with Crippen LogP contribution in [0.3, 0.4) is 0 Å². The molecule has 22 heavy (non-hydrogen) atoms. The molecule has 1 saturated heterocycles. The summed E-state index contributed by atoms with van der Waals surface area (Å²) in [6.45, 7) is 11.5. The van der Waals surface area contributed by atoms with Crippen molar-refractivity contribution in [2.75, 3.05) is 19.6 Å². The summed E-state index contributed by atoms with van der Waals surface area (Å²) >= 11 is 0. The predicted octanol–water partition coefficient (Wildman–Crippen LogP) is 2.51. The quantitative estimate of drug-likeness (QED) is 0.819. The van der Waals surface area contributed by atoms with Gasteiger partial charge in [-0.25, -0.2) is 4.79 Å². The molecule has 1 amide bonds. The van der Waals surface area contributed by atoms with Crippen LogP contribution in [0.5, 0.6) is 0 Å². The summed E-state index contributed by atoms with van der Waals surface area (Å²) < 4.78 is 5.28. The van der Waals surface area contributed by atoms with Gasteiger partial charge in [-0.1, -0.05) is 6.42 Å². The van der Waals surface area contributed by atoms with E-state index in [1.807, 2.05) is 20.8 Å². The Balaban J connectivity index is 1.56. The molecule has 0 aromatic heterocycles. The Hall–Kier alpha value is -0.810. The number of likely N-dealkylation sites (tertiary alicyclic amines) is 1. The van der Waals surface area contributed by atoms with Gasteiger partial charge in [0.1, 0.15) is 5.60 Å². The Morgan fingerprint density at radius 2 is 1.82 bits per heavy atom. The topological polar surface area (TPSA) is 53.6 Å². The minimum absolute atomic E-state index is 0.262. The normalized spacial score (nSPS) is 27.8. The first-order chi connectivity index (χ1) is 10.3. The maximum Gasteiger partial charge on any atom is 0.407 e. The fourth-order valence-electron chi connectivity index (χ4n) is 3.20. The summed E-state index contributed by atoms with van der Waals surface area (Å²) in [5, 5.41) is 6.58. The van der Waals surface area contributed by atoms with Crippen LogP contribution >= 0.6 is 0 Å². The monoisotopic (exact) mass is 311 g/mol. The molecular formula is C17H33N3O2. The smallest absolute Gasteiger partial charge is 0.407 e. The van der Waals surface area contributed by atoms with E-state index in [0.29, 0.717) is 12.1 Å². The number of carbonyl (C=O) groups is 1. The summed E-state index contributed by atoms with van der Waals surface area (Å²) in [6, 6.07) is 1.41. The molecule has 0 spiro atoms. The molecule has 1 saturated carbocycles. The van der Waals surface area contributed by atoms with Crippen molar-refractivity contribution in [1.82, 2.24) is 15.5 Å². The first-order valence-corrected chi connectivity index (χ1v) is 8.80. The van der Waals surface area contributed by atoms with E-state index in [-0.39, 0.29) is 12.1 Å². The molecule has 5 heteroatoms. The zero-order valence-electron chi connectivity index (χ0n) is 14.7. The van der Waals surface area contributed by atoms with Crippen LogP contribution in [0.2, 0.25) is 0 Å². The third kappa shape index (κ3) is 5.76. The zero-order valence-corrected chi connectivity index (χ0v) is 14.7. The Kier molecular flexibility index (Phi) is 6.09. The van der Waals surface area contributed by atoms with Crippen molar-refractivity contribution >= 4 is 6.09 Å².